The molecule has 0 aliphatic heterocycles. The first-order chi connectivity index (χ1) is 15.1. The Balaban J connectivity index is 1.69. The highest BCUT2D eigenvalue weighted by atomic mass is 19.1. The molecule has 0 saturated heterocycles. The molecule has 1 saturated carbocycles. The van der Waals surface area contributed by atoms with Crippen molar-refractivity contribution in [1.82, 2.24) is 9.55 Å². The van der Waals surface area contributed by atoms with Crippen LogP contribution in [0.2, 0.25) is 0 Å². The second-order valence-corrected chi connectivity index (χ2v) is 8.25. The molecule has 2 aromatic heterocycles. The lowest BCUT2D eigenvalue weighted by molar-refractivity contribution is -0.691. The molecule has 158 valence electrons. The van der Waals surface area contributed by atoms with Crippen molar-refractivity contribution in [3.63, 3.8) is 0 Å². The van der Waals surface area contributed by atoms with Gasteiger partial charge < -0.3 is 4.57 Å². The third-order valence-corrected chi connectivity index (χ3v) is 6.21. The summed E-state index contributed by atoms with van der Waals surface area (Å²) >= 11 is 0. The molecule has 0 atom stereocenters. The molecular formula is C25H24F2N3O+. The van der Waals surface area contributed by atoms with Crippen LogP contribution in [0, 0.1) is 11.6 Å². The van der Waals surface area contributed by atoms with Gasteiger partial charge in [-0.15, -0.1) is 0 Å². The number of benzene rings is 2. The van der Waals surface area contributed by atoms with Gasteiger partial charge in [-0.1, -0.05) is 30.7 Å². The van der Waals surface area contributed by atoms with Crippen LogP contribution in [-0.4, -0.2) is 9.55 Å². The number of aromatic nitrogens is 3. The highest BCUT2D eigenvalue weighted by Gasteiger charge is 2.32. The standard InChI is InChI=1S/C25H23F2N3O/c26-18-12-10-17(11-13-18)16-29-15-14-22-23(25(29)31)30(19-6-2-1-3-7-19)24(28-22)20-8-4-5-9-21(20)27/h4-5,8-15,19H,1-3,6-7,16H2/p+1. The molecule has 6 heteroatoms. The lowest BCUT2D eigenvalue weighted by Gasteiger charge is -2.20. The van der Waals surface area contributed by atoms with E-state index in [0.29, 0.717) is 29.0 Å². The SMILES string of the molecule is O=c1c2c(ccn1Cc1ccc(F)cc1)[nH]c(-c1ccccc1F)[n+]2C1CCCCC1. The molecule has 5 rings (SSSR count). The summed E-state index contributed by atoms with van der Waals surface area (Å²) in [5, 5.41) is 0. The number of halogens is 2. The van der Waals surface area contributed by atoms with Gasteiger partial charge in [0.25, 0.3) is 5.82 Å². The zero-order chi connectivity index (χ0) is 21.4. The van der Waals surface area contributed by atoms with Crippen LogP contribution >= 0.6 is 0 Å². The largest absolute Gasteiger partial charge is 0.307 e. The number of hydrogen-bond donors (Lipinski definition) is 1. The highest BCUT2D eigenvalue weighted by molar-refractivity contribution is 5.73. The number of rotatable bonds is 4. The summed E-state index contributed by atoms with van der Waals surface area (Å²) < 4.78 is 31.6. The number of nitrogens with zero attached hydrogens (tertiary/aromatic N) is 2. The normalized spacial score (nSPS) is 14.9. The van der Waals surface area contributed by atoms with Gasteiger partial charge in [0.2, 0.25) is 5.52 Å². The molecule has 31 heavy (non-hydrogen) atoms. The topological polar surface area (TPSA) is 41.7 Å². The van der Waals surface area contributed by atoms with Gasteiger partial charge in [0.15, 0.2) is 5.52 Å². The Morgan fingerprint density at radius 3 is 2.45 bits per heavy atom. The lowest BCUT2D eigenvalue weighted by Crippen LogP contribution is -2.45. The Morgan fingerprint density at radius 2 is 1.71 bits per heavy atom. The number of pyridine rings is 1. The van der Waals surface area contributed by atoms with Crippen LogP contribution in [-0.2, 0) is 6.54 Å². The predicted molar refractivity (Wildman–Crippen MR) is 116 cm³/mol. The van der Waals surface area contributed by atoms with Gasteiger partial charge in [-0.2, -0.15) is 0 Å². The minimum Gasteiger partial charge on any atom is -0.307 e. The molecule has 1 aliphatic rings. The van der Waals surface area contributed by atoms with E-state index < -0.39 is 0 Å². The van der Waals surface area contributed by atoms with E-state index in [1.54, 1.807) is 35.0 Å². The van der Waals surface area contributed by atoms with Gasteiger partial charge in [-0.05, 0) is 55.5 Å². The average molecular weight is 420 g/mol. The van der Waals surface area contributed by atoms with E-state index in [0.717, 1.165) is 31.2 Å². The molecule has 4 nitrogen and oxygen atoms in total. The van der Waals surface area contributed by atoms with E-state index in [1.165, 1.54) is 24.6 Å². The maximum Gasteiger partial charge on any atom is 0.302 e. The Bertz CT molecular complexity index is 1280. The number of H-pyrrole nitrogens is 1. The van der Waals surface area contributed by atoms with Gasteiger partial charge in [-0.3, -0.25) is 4.79 Å². The summed E-state index contributed by atoms with van der Waals surface area (Å²) in [4.78, 5) is 16.9. The van der Waals surface area contributed by atoms with Gasteiger partial charge in [0.05, 0.1) is 12.1 Å². The Hall–Kier alpha value is -3.28. The van der Waals surface area contributed by atoms with E-state index in [2.05, 4.69) is 4.98 Å². The van der Waals surface area contributed by atoms with Gasteiger partial charge in [0, 0.05) is 12.3 Å². The Kier molecular flexibility index (Phi) is 5.14. The minimum atomic E-state index is -0.315. The van der Waals surface area contributed by atoms with Crippen molar-refractivity contribution >= 4 is 11.0 Å². The zero-order valence-electron chi connectivity index (χ0n) is 17.2. The molecule has 2 heterocycles. The van der Waals surface area contributed by atoms with E-state index >= 15 is 0 Å². The van der Waals surface area contributed by atoms with Gasteiger partial charge in [-0.25, -0.2) is 18.3 Å². The van der Waals surface area contributed by atoms with Gasteiger partial charge in [0.1, 0.15) is 17.7 Å². The number of nitrogens with one attached hydrogen (secondary N) is 1. The Morgan fingerprint density at radius 1 is 0.968 bits per heavy atom. The fourth-order valence-electron chi connectivity index (χ4n) is 4.66. The summed E-state index contributed by atoms with van der Waals surface area (Å²) in [6.45, 7) is 0.347. The lowest BCUT2D eigenvalue weighted by atomic mass is 9.95. The summed E-state index contributed by atoms with van der Waals surface area (Å²) in [5.41, 5.74) is 2.44. The summed E-state index contributed by atoms with van der Waals surface area (Å²) in [7, 11) is 0. The molecule has 0 unspecified atom stereocenters. The van der Waals surface area contributed by atoms with Crippen molar-refractivity contribution in [2.24, 2.45) is 0 Å². The number of imidazole rings is 1. The fraction of sp³-hybridized carbons (Fsp3) is 0.280. The first-order valence-corrected chi connectivity index (χ1v) is 10.8. The summed E-state index contributed by atoms with van der Waals surface area (Å²) in [6.07, 6.45) is 7.04. The smallest absolute Gasteiger partial charge is 0.302 e. The zero-order valence-corrected chi connectivity index (χ0v) is 17.2. The van der Waals surface area contributed by atoms with E-state index in [4.69, 9.17) is 0 Å². The van der Waals surface area contributed by atoms with Crippen LogP contribution in [0.3, 0.4) is 0 Å². The van der Waals surface area contributed by atoms with E-state index in [9.17, 15) is 13.6 Å². The maximum absolute atomic E-state index is 14.7. The molecule has 0 bridgehead atoms. The second-order valence-electron chi connectivity index (χ2n) is 8.25. The third-order valence-electron chi connectivity index (χ3n) is 6.21. The molecule has 0 radical (unpaired) electrons. The number of fused-ring (bicyclic) bond motifs is 1. The monoisotopic (exact) mass is 420 g/mol. The van der Waals surface area contributed by atoms with Crippen LogP contribution in [0.1, 0.15) is 43.7 Å². The van der Waals surface area contributed by atoms with E-state index in [1.807, 2.05) is 16.7 Å². The van der Waals surface area contributed by atoms with Crippen molar-refractivity contribution in [2.75, 3.05) is 0 Å². The number of aromatic amines is 1. The van der Waals surface area contributed by atoms with Crippen LogP contribution in [0.15, 0.2) is 65.6 Å². The summed E-state index contributed by atoms with van der Waals surface area (Å²) in [6, 6.07) is 14.8. The average Bonchev–Trinajstić information content (AvgIpc) is 3.18. The minimum absolute atomic E-state index is 0.133. The predicted octanol–water partition coefficient (Wildman–Crippen LogP) is 5.12. The van der Waals surface area contributed by atoms with Crippen LogP contribution in [0.25, 0.3) is 22.4 Å². The first-order valence-electron chi connectivity index (χ1n) is 10.8. The molecular weight excluding hydrogens is 396 g/mol. The molecule has 1 fully saturated rings. The number of hydrogen-bond acceptors (Lipinski definition) is 1. The second kappa shape index (κ2) is 8.10. The van der Waals surface area contributed by atoms with Crippen molar-refractivity contribution in [1.29, 1.82) is 0 Å². The molecule has 2 aromatic carbocycles. The quantitative estimate of drug-likeness (QED) is 0.458. The molecule has 0 amide bonds. The van der Waals surface area contributed by atoms with Crippen LogP contribution < -0.4 is 10.1 Å². The van der Waals surface area contributed by atoms with Crippen molar-refractivity contribution < 1.29 is 13.3 Å². The summed E-state index contributed by atoms with van der Waals surface area (Å²) in [5.74, 6) is 0.0174. The van der Waals surface area contributed by atoms with Crippen LogP contribution in [0.5, 0.6) is 0 Å². The molecule has 1 aliphatic carbocycles. The van der Waals surface area contributed by atoms with Crippen LogP contribution in [0.4, 0.5) is 8.78 Å². The van der Waals surface area contributed by atoms with E-state index in [-0.39, 0.29) is 23.2 Å². The highest BCUT2D eigenvalue weighted by Crippen LogP contribution is 2.29. The fourth-order valence-corrected chi connectivity index (χ4v) is 4.66. The van der Waals surface area contributed by atoms with Gasteiger partial charge >= 0.3 is 5.56 Å². The first kappa shape index (κ1) is 19.7. The van der Waals surface area contributed by atoms with Crippen molar-refractivity contribution in [3.8, 4) is 11.4 Å². The molecule has 0 spiro atoms. The molecule has 1 N–H and O–H groups in total. The van der Waals surface area contributed by atoms with Crippen molar-refractivity contribution in [3.05, 3.63) is 88.3 Å². The Labute approximate surface area is 178 Å². The third kappa shape index (κ3) is 3.67. The van der Waals surface area contributed by atoms with Crippen molar-refractivity contribution in [2.45, 2.75) is 44.7 Å². The maximum atomic E-state index is 14.7. The molecule has 4 aromatic rings.